The highest BCUT2D eigenvalue weighted by molar-refractivity contribution is 7.13. The molecule has 0 radical (unpaired) electrons. The highest BCUT2D eigenvalue weighted by Gasteiger charge is 2.24. The first kappa shape index (κ1) is 19.7. The minimum absolute atomic E-state index is 0.0220. The highest BCUT2D eigenvalue weighted by Crippen LogP contribution is 2.28. The van der Waals surface area contributed by atoms with Gasteiger partial charge in [0.15, 0.2) is 5.13 Å². The van der Waals surface area contributed by atoms with Crippen LogP contribution in [-0.2, 0) is 11.4 Å². The van der Waals surface area contributed by atoms with Gasteiger partial charge in [-0.25, -0.2) is 4.98 Å². The maximum Gasteiger partial charge on any atom is 0.240 e. The second-order valence-electron chi connectivity index (χ2n) is 7.26. The summed E-state index contributed by atoms with van der Waals surface area (Å²) in [7, 11) is 0. The van der Waals surface area contributed by atoms with Gasteiger partial charge >= 0.3 is 0 Å². The van der Waals surface area contributed by atoms with Gasteiger partial charge in [0.25, 0.3) is 0 Å². The molecule has 150 valence electrons. The summed E-state index contributed by atoms with van der Waals surface area (Å²) in [6.45, 7) is 2.16. The van der Waals surface area contributed by atoms with E-state index >= 15 is 0 Å². The van der Waals surface area contributed by atoms with Gasteiger partial charge in [0, 0.05) is 35.3 Å². The molecule has 1 fully saturated rings. The Morgan fingerprint density at radius 3 is 2.86 bits per heavy atom. The van der Waals surface area contributed by atoms with Gasteiger partial charge in [-0.1, -0.05) is 30.3 Å². The van der Waals surface area contributed by atoms with Crippen molar-refractivity contribution in [3.8, 4) is 11.3 Å². The number of aliphatic hydroxyl groups excluding tert-OH is 1. The van der Waals surface area contributed by atoms with Crippen molar-refractivity contribution in [3.05, 3.63) is 65.3 Å². The number of hydrogen-bond donors (Lipinski definition) is 2. The van der Waals surface area contributed by atoms with Crippen molar-refractivity contribution in [2.24, 2.45) is 0 Å². The Morgan fingerprint density at radius 2 is 2.10 bits per heavy atom. The van der Waals surface area contributed by atoms with E-state index in [2.05, 4.69) is 21.3 Å². The summed E-state index contributed by atoms with van der Waals surface area (Å²) in [5, 5.41) is 14.6. The number of nitrogens with zero attached hydrogens (tertiary/aromatic N) is 3. The van der Waals surface area contributed by atoms with Crippen LogP contribution < -0.4 is 5.32 Å². The van der Waals surface area contributed by atoms with Crippen molar-refractivity contribution >= 4 is 22.4 Å². The lowest BCUT2D eigenvalue weighted by Gasteiger charge is -2.32. The van der Waals surface area contributed by atoms with Crippen molar-refractivity contribution < 1.29 is 9.90 Å². The minimum Gasteiger partial charge on any atom is -0.392 e. The Hall–Kier alpha value is -2.61. The Morgan fingerprint density at radius 1 is 1.24 bits per heavy atom. The number of thiazole rings is 1. The van der Waals surface area contributed by atoms with Crippen molar-refractivity contribution in [1.29, 1.82) is 0 Å². The van der Waals surface area contributed by atoms with Crippen LogP contribution in [0.5, 0.6) is 0 Å². The highest BCUT2D eigenvalue weighted by atomic mass is 32.1. The number of aliphatic hydroxyl groups is 1. The molecule has 0 aliphatic carbocycles. The fourth-order valence-electron chi connectivity index (χ4n) is 3.71. The Kier molecular flexibility index (Phi) is 6.29. The van der Waals surface area contributed by atoms with Crippen LogP contribution in [0.3, 0.4) is 0 Å². The molecule has 29 heavy (non-hydrogen) atoms. The van der Waals surface area contributed by atoms with E-state index in [9.17, 15) is 9.90 Å². The predicted molar refractivity (Wildman–Crippen MR) is 115 cm³/mol. The van der Waals surface area contributed by atoms with Gasteiger partial charge in [-0.15, -0.1) is 11.3 Å². The summed E-state index contributed by atoms with van der Waals surface area (Å²) in [5.41, 5.74) is 3.94. The molecule has 1 aromatic carbocycles. The van der Waals surface area contributed by atoms with Gasteiger partial charge in [0.05, 0.1) is 18.8 Å². The molecule has 2 N–H and O–H groups in total. The average Bonchev–Trinajstić information content (AvgIpc) is 3.27. The molecule has 1 saturated heterocycles. The Balaban J connectivity index is 1.41. The van der Waals surface area contributed by atoms with E-state index in [1.807, 2.05) is 41.8 Å². The van der Waals surface area contributed by atoms with Gasteiger partial charge in [0.2, 0.25) is 5.91 Å². The van der Waals surface area contributed by atoms with Crippen LogP contribution in [0, 0.1) is 0 Å². The molecule has 0 bridgehead atoms. The summed E-state index contributed by atoms with van der Waals surface area (Å²) < 4.78 is 0. The normalized spacial score (nSPS) is 17.2. The Bertz CT molecular complexity index is 944. The number of amides is 1. The largest absolute Gasteiger partial charge is 0.392 e. The zero-order valence-corrected chi connectivity index (χ0v) is 16.9. The van der Waals surface area contributed by atoms with Crippen LogP contribution in [0.15, 0.2) is 54.0 Å². The number of rotatable bonds is 6. The minimum atomic E-state index is -0.0220. The summed E-state index contributed by atoms with van der Waals surface area (Å²) in [6, 6.07) is 14.0. The number of likely N-dealkylation sites (tertiary alicyclic amines) is 1. The molecule has 1 aliphatic rings. The number of aromatic nitrogens is 2. The number of benzene rings is 1. The summed E-state index contributed by atoms with van der Waals surface area (Å²) >= 11 is 1.43. The van der Waals surface area contributed by atoms with E-state index in [0.717, 1.165) is 48.4 Å². The third kappa shape index (κ3) is 5.06. The van der Waals surface area contributed by atoms with Gasteiger partial charge in [-0.2, -0.15) is 0 Å². The maximum absolute atomic E-state index is 12.3. The number of pyridine rings is 1. The first-order valence-electron chi connectivity index (χ1n) is 9.80. The Labute approximate surface area is 174 Å². The zero-order chi connectivity index (χ0) is 20.1. The third-order valence-electron chi connectivity index (χ3n) is 5.17. The van der Waals surface area contributed by atoms with Gasteiger partial charge in [-0.3, -0.25) is 14.7 Å². The molecular formula is C22H24N4O2S. The van der Waals surface area contributed by atoms with Crippen molar-refractivity contribution in [2.75, 3.05) is 25.0 Å². The van der Waals surface area contributed by atoms with Gasteiger partial charge < -0.3 is 10.4 Å². The van der Waals surface area contributed by atoms with Gasteiger partial charge in [0.1, 0.15) is 0 Å². The third-order valence-corrected chi connectivity index (χ3v) is 5.86. The predicted octanol–water partition coefficient (Wildman–Crippen LogP) is 3.52. The van der Waals surface area contributed by atoms with Crippen LogP contribution in [0.4, 0.5) is 5.13 Å². The molecule has 1 aliphatic heterocycles. The van der Waals surface area contributed by atoms with Crippen LogP contribution in [-0.4, -0.2) is 45.5 Å². The van der Waals surface area contributed by atoms with Crippen LogP contribution in [0.25, 0.3) is 11.3 Å². The smallest absolute Gasteiger partial charge is 0.240 e. The second-order valence-corrected chi connectivity index (χ2v) is 8.16. The summed E-state index contributed by atoms with van der Waals surface area (Å²) in [6.07, 6.45) is 3.81. The molecule has 2 aromatic heterocycles. The standard InChI is InChI=1S/C22H24N4O2S/c27-15-16-6-8-17(9-7-16)19-4-1-5-20(24-19)18-3-2-11-26(13-18)14-21(28)25-22-23-10-12-29-22/h1,4-10,12,18,27H,2-3,11,13-15H2,(H,23,25,28). The van der Waals surface area contributed by atoms with E-state index in [4.69, 9.17) is 4.98 Å². The first-order valence-corrected chi connectivity index (χ1v) is 10.7. The lowest BCUT2D eigenvalue weighted by atomic mass is 9.93. The van der Waals surface area contributed by atoms with E-state index in [1.165, 1.54) is 11.3 Å². The molecule has 1 unspecified atom stereocenters. The molecule has 1 atom stereocenters. The molecule has 7 heteroatoms. The van der Waals surface area contributed by atoms with Crippen molar-refractivity contribution in [2.45, 2.75) is 25.4 Å². The summed E-state index contributed by atoms with van der Waals surface area (Å²) in [5.74, 6) is 0.291. The first-order chi connectivity index (χ1) is 14.2. The summed E-state index contributed by atoms with van der Waals surface area (Å²) in [4.78, 5) is 23.5. The van der Waals surface area contributed by atoms with E-state index in [-0.39, 0.29) is 12.5 Å². The molecule has 3 heterocycles. The SMILES string of the molecule is O=C(CN1CCCC(c2cccc(-c3ccc(CO)cc3)n2)C1)Nc1nccs1. The fourth-order valence-corrected chi connectivity index (χ4v) is 4.25. The van der Waals surface area contributed by atoms with Crippen molar-refractivity contribution in [3.63, 3.8) is 0 Å². The number of carbonyl (C=O) groups is 1. The molecule has 4 rings (SSSR count). The molecule has 0 saturated carbocycles. The second kappa shape index (κ2) is 9.26. The van der Waals surface area contributed by atoms with Crippen LogP contribution >= 0.6 is 11.3 Å². The molecular weight excluding hydrogens is 384 g/mol. The quantitative estimate of drug-likeness (QED) is 0.653. The molecule has 6 nitrogen and oxygen atoms in total. The number of piperidine rings is 1. The number of nitrogens with one attached hydrogen (secondary N) is 1. The zero-order valence-electron chi connectivity index (χ0n) is 16.1. The number of hydrogen-bond acceptors (Lipinski definition) is 6. The fraction of sp³-hybridized carbons (Fsp3) is 0.318. The van der Waals surface area contributed by atoms with Crippen LogP contribution in [0.1, 0.15) is 30.0 Å². The molecule has 1 amide bonds. The average molecular weight is 409 g/mol. The topological polar surface area (TPSA) is 78.4 Å². The number of carbonyl (C=O) groups excluding carboxylic acids is 1. The van der Waals surface area contributed by atoms with Crippen LogP contribution in [0.2, 0.25) is 0 Å². The van der Waals surface area contributed by atoms with E-state index < -0.39 is 0 Å². The molecule has 3 aromatic rings. The monoisotopic (exact) mass is 408 g/mol. The van der Waals surface area contributed by atoms with Gasteiger partial charge in [-0.05, 0) is 37.1 Å². The number of anilines is 1. The maximum atomic E-state index is 12.3. The molecule has 0 spiro atoms. The van der Waals surface area contributed by atoms with E-state index in [0.29, 0.717) is 17.6 Å². The van der Waals surface area contributed by atoms with Crippen molar-refractivity contribution in [1.82, 2.24) is 14.9 Å². The lowest BCUT2D eigenvalue weighted by Crippen LogP contribution is -2.40. The lowest BCUT2D eigenvalue weighted by molar-refractivity contribution is -0.117. The van der Waals surface area contributed by atoms with E-state index in [1.54, 1.807) is 6.20 Å².